The first-order chi connectivity index (χ1) is 5.83. The fraction of sp³-hybridized carbons (Fsp3) is 0.500. The summed E-state index contributed by atoms with van der Waals surface area (Å²) in [5.74, 6) is 0.855. The van der Waals surface area contributed by atoms with Gasteiger partial charge in [0.1, 0.15) is 4.21 Å². The monoisotopic (exact) mass is 275 g/mol. The molecule has 0 saturated heterocycles. The molecule has 8 heteroatoms. The Bertz CT molecular complexity index is 245. The molecule has 0 aliphatic carbocycles. The van der Waals surface area contributed by atoms with Gasteiger partial charge in [-0.3, -0.25) is 5.41 Å². The number of halogens is 2. The maximum Gasteiger partial charge on any atom is 0.191 e. The summed E-state index contributed by atoms with van der Waals surface area (Å²) in [7, 11) is 0. The summed E-state index contributed by atoms with van der Waals surface area (Å²) in [6, 6.07) is 0. The first-order valence-corrected chi connectivity index (χ1v) is 5.19. The van der Waals surface area contributed by atoms with Gasteiger partial charge in [-0.05, 0) is 18.5 Å². The van der Waals surface area contributed by atoms with Crippen molar-refractivity contribution < 1.29 is 4.74 Å². The summed E-state index contributed by atoms with van der Waals surface area (Å²) in [4.78, 5) is 0. The maximum atomic E-state index is 7.31. The average Bonchev–Trinajstić information content (AvgIpc) is 2.53. The minimum absolute atomic E-state index is 0. The molecule has 0 atom stereocenters. The predicted octanol–water partition coefficient (Wildman–Crippen LogP) is 2.49. The number of rotatable bonds is 4. The molecule has 0 unspecified atom stereocenters. The van der Waals surface area contributed by atoms with Gasteiger partial charge in [0, 0.05) is 0 Å². The van der Waals surface area contributed by atoms with E-state index in [1.54, 1.807) is 6.20 Å². The predicted molar refractivity (Wildman–Crippen MR) is 64.5 cm³/mol. The Morgan fingerprint density at radius 1 is 1.64 bits per heavy atom. The van der Waals surface area contributed by atoms with Crippen LogP contribution < -0.4 is 0 Å². The van der Waals surface area contributed by atoms with E-state index < -0.39 is 0 Å². The van der Waals surface area contributed by atoms with E-state index >= 15 is 0 Å². The van der Waals surface area contributed by atoms with E-state index in [9.17, 15) is 0 Å². The van der Waals surface area contributed by atoms with E-state index in [-0.39, 0.29) is 24.8 Å². The van der Waals surface area contributed by atoms with Crippen LogP contribution in [0.25, 0.3) is 0 Å². The number of hydrogen-bond donors (Lipinski definition) is 1. The minimum Gasteiger partial charge on any atom is -0.481 e. The van der Waals surface area contributed by atoms with Crippen LogP contribution in [0, 0.1) is 5.41 Å². The van der Waals surface area contributed by atoms with Crippen LogP contribution in [0.1, 0.15) is 6.92 Å². The third-order valence-electron chi connectivity index (χ3n) is 1.01. The van der Waals surface area contributed by atoms with Crippen molar-refractivity contribution in [1.82, 2.24) is 9.59 Å². The van der Waals surface area contributed by atoms with Gasteiger partial charge in [0.25, 0.3) is 0 Å². The van der Waals surface area contributed by atoms with Crippen molar-refractivity contribution >= 4 is 54.0 Å². The molecule has 1 aromatic heterocycles. The summed E-state index contributed by atoms with van der Waals surface area (Å²) in [6.07, 6.45) is 1.69. The van der Waals surface area contributed by atoms with Crippen LogP contribution in [-0.4, -0.2) is 27.8 Å². The largest absolute Gasteiger partial charge is 0.481 e. The molecule has 1 rings (SSSR count). The lowest BCUT2D eigenvalue weighted by atomic mass is 10.7. The van der Waals surface area contributed by atoms with E-state index in [0.717, 1.165) is 4.21 Å². The van der Waals surface area contributed by atoms with Crippen molar-refractivity contribution in [3.8, 4) is 0 Å². The topological polar surface area (TPSA) is 58.9 Å². The van der Waals surface area contributed by atoms with Crippen LogP contribution in [-0.2, 0) is 4.74 Å². The molecule has 82 valence electrons. The normalized spacial score (nSPS) is 8.36. The molecule has 0 aromatic carbocycles. The highest BCUT2D eigenvalue weighted by Gasteiger charge is 2.00. The molecule has 4 nitrogen and oxygen atoms in total. The number of hydrogen-bond acceptors (Lipinski definition) is 6. The second-order valence-corrected chi connectivity index (χ2v) is 3.94. The minimum atomic E-state index is 0. The summed E-state index contributed by atoms with van der Waals surface area (Å²) < 4.78 is 9.69. The third kappa shape index (κ3) is 6.42. The van der Waals surface area contributed by atoms with Crippen LogP contribution in [0.2, 0.25) is 0 Å². The summed E-state index contributed by atoms with van der Waals surface area (Å²) in [5, 5.41) is 11.0. The molecule has 0 radical (unpaired) electrons. The third-order valence-corrected chi connectivity index (χ3v) is 2.84. The van der Waals surface area contributed by atoms with Gasteiger partial charge < -0.3 is 4.74 Å². The quantitative estimate of drug-likeness (QED) is 0.521. The number of thioether (sulfide) groups is 1. The van der Waals surface area contributed by atoms with Gasteiger partial charge in [0.15, 0.2) is 5.90 Å². The van der Waals surface area contributed by atoms with Crippen LogP contribution >= 0.6 is 48.1 Å². The lowest BCUT2D eigenvalue weighted by molar-refractivity contribution is 0.322. The van der Waals surface area contributed by atoms with Crippen molar-refractivity contribution in [2.45, 2.75) is 11.1 Å². The van der Waals surface area contributed by atoms with Gasteiger partial charge >= 0.3 is 0 Å². The molecule has 0 saturated carbocycles. The smallest absolute Gasteiger partial charge is 0.191 e. The van der Waals surface area contributed by atoms with Crippen LogP contribution in [0.5, 0.6) is 0 Å². The molecular weight excluding hydrogens is 265 g/mol. The Balaban J connectivity index is 0. The first kappa shape index (κ1) is 16.4. The zero-order valence-corrected chi connectivity index (χ0v) is 10.7. The molecule has 0 bridgehead atoms. The van der Waals surface area contributed by atoms with Gasteiger partial charge in [0.05, 0.1) is 18.6 Å². The SMILES string of the molecule is CCOC(=N)CSc1cnns1.Cl.Cl. The Morgan fingerprint density at radius 2 is 2.36 bits per heavy atom. The van der Waals surface area contributed by atoms with E-state index in [1.165, 1.54) is 23.3 Å². The Hall–Kier alpha value is -0.0400. The summed E-state index contributed by atoms with van der Waals surface area (Å²) >= 11 is 2.85. The van der Waals surface area contributed by atoms with Gasteiger partial charge in [0.2, 0.25) is 0 Å². The second-order valence-electron chi connectivity index (χ2n) is 1.88. The van der Waals surface area contributed by atoms with Gasteiger partial charge in [-0.1, -0.05) is 4.49 Å². The van der Waals surface area contributed by atoms with E-state index in [1.807, 2.05) is 6.92 Å². The average molecular weight is 276 g/mol. The molecule has 14 heavy (non-hydrogen) atoms. The molecule has 0 amide bonds. The highest BCUT2D eigenvalue weighted by atomic mass is 35.5. The van der Waals surface area contributed by atoms with Crippen LogP contribution in [0.4, 0.5) is 0 Å². The Morgan fingerprint density at radius 3 is 2.86 bits per heavy atom. The van der Waals surface area contributed by atoms with E-state index in [4.69, 9.17) is 10.1 Å². The Kier molecular flexibility index (Phi) is 11.1. The van der Waals surface area contributed by atoms with Crippen molar-refractivity contribution in [3.05, 3.63) is 6.20 Å². The molecule has 0 spiro atoms. The van der Waals surface area contributed by atoms with Gasteiger partial charge in [-0.15, -0.1) is 41.7 Å². The fourth-order valence-electron chi connectivity index (χ4n) is 0.574. The maximum absolute atomic E-state index is 7.31. The van der Waals surface area contributed by atoms with E-state index in [0.29, 0.717) is 18.3 Å². The molecule has 1 aromatic rings. The fourth-order valence-corrected chi connectivity index (χ4v) is 1.81. The summed E-state index contributed by atoms with van der Waals surface area (Å²) in [5.41, 5.74) is 0. The van der Waals surface area contributed by atoms with Gasteiger partial charge in [-0.25, -0.2) is 0 Å². The zero-order valence-electron chi connectivity index (χ0n) is 7.43. The van der Waals surface area contributed by atoms with Crippen molar-refractivity contribution in [2.75, 3.05) is 12.4 Å². The van der Waals surface area contributed by atoms with Gasteiger partial charge in [-0.2, -0.15) is 0 Å². The van der Waals surface area contributed by atoms with Crippen molar-refractivity contribution in [2.24, 2.45) is 0 Å². The highest BCUT2D eigenvalue weighted by molar-refractivity contribution is 8.01. The van der Waals surface area contributed by atoms with Crippen molar-refractivity contribution in [3.63, 3.8) is 0 Å². The van der Waals surface area contributed by atoms with Crippen LogP contribution in [0.15, 0.2) is 10.4 Å². The molecule has 0 aliphatic heterocycles. The molecular formula is C6H11Cl2N3OS2. The first-order valence-electron chi connectivity index (χ1n) is 3.43. The molecule has 1 heterocycles. The zero-order chi connectivity index (χ0) is 8.81. The highest BCUT2D eigenvalue weighted by Crippen LogP contribution is 2.19. The molecule has 1 N–H and O–H groups in total. The molecule has 0 fully saturated rings. The number of nitrogens with one attached hydrogen (secondary N) is 1. The lowest BCUT2D eigenvalue weighted by Gasteiger charge is -2.01. The lowest BCUT2D eigenvalue weighted by Crippen LogP contribution is -2.04. The summed E-state index contributed by atoms with van der Waals surface area (Å²) in [6.45, 7) is 2.42. The standard InChI is InChI=1S/C6H9N3OS2.2ClH/c1-2-10-5(7)4-11-6-3-8-9-12-6;;/h3,7H,2,4H2,1H3;2*1H. The van der Waals surface area contributed by atoms with Crippen molar-refractivity contribution in [1.29, 1.82) is 5.41 Å². The number of ether oxygens (including phenoxy) is 1. The van der Waals surface area contributed by atoms with Crippen LogP contribution in [0.3, 0.4) is 0 Å². The number of aromatic nitrogens is 2. The second kappa shape index (κ2) is 9.51. The number of nitrogens with zero attached hydrogens (tertiary/aromatic N) is 2. The van der Waals surface area contributed by atoms with E-state index in [2.05, 4.69) is 9.59 Å². The molecule has 0 aliphatic rings. The Labute approximate surface area is 103 Å².